The van der Waals surface area contributed by atoms with Crippen molar-refractivity contribution >= 4 is 26.7 Å². The van der Waals surface area contributed by atoms with Gasteiger partial charge in [0.1, 0.15) is 0 Å². The lowest BCUT2D eigenvalue weighted by atomic mass is 10.0. The summed E-state index contributed by atoms with van der Waals surface area (Å²) in [6, 6.07) is 10.4. The quantitative estimate of drug-likeness (QED) is 0.770. The van der Waals surface area contributed by atoms with Gasteiger partial charge in [-0.3, -0.25) is 4.98 Å². The molecular weight excluding hydrogens is 266 g/mol. The van der Waals surface area contributed by atoms with E-state index in [2.05, 4.69) is 48.4 Å². The lowest BCUT2D eigenvalue weighted by Gasteiger charge is -2.04. The Morgan fingerprint density at radius 3 is 2.85 bits per heavy atom. The number of pyridine rings is 1. The Hall–Kier alpha value is -1.94. The molecule has 20 heavy (non-hydrogen) atoms. The average molecular weight is 283 g/mol. The van der Waals surface area contributed by atoms with Crippen molar-refractivity contribution in [3.8, 4) is 0 Å². The highest BCUT2D eigenvalue weighted by molar-refractivity contribution is 7.22. The fourth-order valence-electron chi connectivity index (χ4n) is 2.19. The number of nitrogens with one attached hydrogen (secondary N) is 1. The zero-order valence-electron chi connectivity index (χ0n) is 11.6. The zero-order chi connectivity index (χ0) is 13.9. The Kier molecular flexibility index (Phi) is 3.65. The Morgan fingerprint density at radius 1 is 1.20 bits per heavy atom. The van der Waals surface area contributed by atoms with Gasteiger partial charge in [0.15, 0.2) is 5.13 Å². The molecule has 0 unspecified atom stereocenters. The van der Waals surface area contributed by atoms with E-state index >= 15 is 0 Å². The van der Waals surface area contributed by atoms with Gasteiger partial charge in [-0.2, -0.15) is 0 Å². The maximum Gasteiger partial charge on any atom is 0.184 e. The van der Waals surface area contributed by atoms with E-state index in [1.54, 1.807) is 17.5 Å². The first-order valence-electron chi connectivity index (χ1n) is 6.76. The number of hydrogen-bond acceptors (Lipinski definition) is 4. The first kappa shape index (κ1) is 13.1. The third kappa shape index (κ3) is 2.65. The van der Waals surface area contributed by atoms with E-state index in [0.29, 0.717) is 5.92 Å². The minimum atomic E-state index is 0.493. The van der Waals surface area contributed by atoms with Gasteiger partial charge in [0.25, 0.3) is 0 Å². The fraction of sp³-hybridized carbons (Fsp3) is 0.250. The van der Waals surface area contributed by atoms with Crippen LogP contribution in [0.5, 0.6) is 0 Å². The summed E-state index contributed by atoms with van der Waals surface area (Å²) >= 11 is 1.71. The van der Waals surface area contributed by atoms with E-state index in [-0.39, 0.29) is 0 Å². The van der Waals surface area contributed by atoms with Gasteiger partial charge in [-0.05, 0) is 29.2 Å². The molecule has 0 radical (unpaired) electrons. The zero-order valence-corrected chi connectivity index (χ0v) is 12.4. The smallest absolute Gasteiger partial charge is 0.184 e. The Balaban J connectivity index is 1.84. The van der Waals surface area contributed by atoms with Crippen LogP contribution in [0.1, 0.15) is 30.9 Å². The van der Waals surface area contributed by atoms with E-state index < -0.39 is 0 Å². The lowest BCUT2D eigenvalue weighted by Crippen LogP contribution is -1.99. The molecule has 0 saturated heterocycles. The van der Waals surface area contributed by atoms with E-state index in [4.69, 9.17) is 4.98 Å². The predicted molar refractivity (Wildman–Crippen MR) is 85.3 cm³/mol. The highest BCUT2D eigenvalue weighted by Crippen LogP contribution is 2.31. The molecule has 1 N–H and O–H groups in total. The monoisotopic (exact) mass is 283 g/mol. The van der Waals surface area contributed by atoms with Crippen molar-refractivity contribution in [1.29, 1.82) is 0 Å². The van der Waals surface area contributed by atoms with Crippen molar-refractivity contribution in [2.45, 2.75) is 26.3 Å². The molecule has 2 aromatic heterocycles. The molecule has 3 rings (SSSR count). The maximum absolute atomic E-state index is 4.74. The minimum Gasteiger partial charge on any atom is -0.357 e. The minimum absolute atomic E-state index is 0.493. The molecule has 3 aromatic rings. The van der Waals surface area contributed by atoms with Gasteiger partial charge >= 0.3 is 0 Å². The summed E-state index contributed by atoms with van der Waals surface area (Å²) < 4.78 is 1.24. The summed E-state index contributed by atoms with van der Waals surface area (Å²) in [5.74, 6) is 0.493. The Bertz CT molecular complexity index is 704. The van der Waals surface area contributed by atoms with Crippen LogP contribution in [0.15, 0.2) is 42.7 Å². The van der Waals surface area contributed by atoms with Crippen LogP contribution in [0.3, 0.4) is 0 Å². The number of benzene rings is 1. The van der Waals surface area contributed by atoms with Crippen LogP contribution in [0, 0.1) is 0 Å². The normalized spacial score (nSPS) is 11.2. The summed E-state index contributed by atoms with van der Waals surface area (Å²) in [4.78, 5) is 8.86. The fourth-order valence-corrected chi connectivity index (χ4v) is 3.09. The molecule has 102 valence electrons. The molecule has 0 aliphatic heterocycles. The van der Waals surface area contributed by atoms with E-state index in [9.17, 15) is 0 Å². The first-order valence-corrected chi connectivity index (χ1v) is 7.58. The summed E-state index contributed by atoms with van der Waals surface area (Å²) in [5, 5.41) is 4.35. The number of thiazole rings is 1. The number of hydrogen-bond donors (Lipinski definition) is 1. The van der Waals surface area contributed by atoms with Gasteiger partial charge in [-0.1, -0.05) is 43.4 Å². The highest BCUT2D eigenvalue weighted by atomic mass is 32.1. The summed E-state index contributed by atoms with van der Waals surface area (Å²) in [7, 11) is 0. The molecule has 1 aromatic carbocycles. The largest absolute Gasteiger partial charge is 0.357 e. The molecule has 0 bridgehead atoms. The topological polar surface area (TPSA) is 37.8 Å². The van der Waals surface area contributed by atoms with Crippen molar-refractivity contribution < 1.29 is 0 Å². The van der Waals surface area contributed by atoms with E-state index in [1.807, 2.05) is 12.3 Å². The van der Waals surface area contributed by atoms with Crippen LogP contribution in [0.4, 0.5) is 5.13 Å². The van der Waals surface area contributed by atoms with Gasteiger partial charge in [-0.15, -0.1) is 0 Å². The van der Waals surface area contributed by atoms with Crippen molar-refractivity contribution in [1.82, 2.24) is 9.97 Å². The second-order valence-corrected chi connectivity index (χ2v) is 6.11. The van der Waals surface area contributed by atoms with Crippen molar-refractivity contribution in [2.24, 2.45) is 0 Å². The number of fused-ring (bicyclic) bond motifs is 1. The van der Waals surface area contributed by atoms with E-state index in [0.717, 1.165) is 22.8 Å². The maximum atomic E-state index is 4.74. The molecule has 0 fully saturated rings. The molecule has 0 amide bonds. The third-order valence-corrected chi connectivity index (χ3v) is 4.22. The number of nitrogens with zero attached hydrogens (tertiary/aromatic N) is 2. The molecule has 0 aliphatic rings. The second-order valence-electron chi connectivity index (χ2n) is 5.08. The average Bonchev–Trinajstić information content (AvgIpc) is 2.88. The van der Waals surface area contributed by atoms with E-state index in [1.165, 1.54) is 10.3 Å². The van der Waals surface area contributed by atoms with Gasteiger partial charge in [0.2, 0.25) is 0 Å². The number of anilines is 1. The molecule has 0 aliphatic carbocycles. The number of aromatic nitrogens is 2. The van der Waals surface area contributed by atoms with Crippen LogP contribution in [0.25, 0.3) is 10.2 Å². The Morgan fingerprint density at radius 2 is 2.10 bits per heavy atom. The van der Waals surface area contributed by atoms with Crippen LogP contribution in [-0.4, -0.2) is 9.97 Å². The van der Waals surface area contributed by atoms with Gasteiger partial charge in [-0.25, -0.2) is 4.98 Å². The van der Waals surface area contributed by atoms with Crippen molar-refractivity contribution in [3.63, 3.8) is 0 Å². The van der Waals surface area contributed by atoms with Gasteiger partial charge < -0.3 is 5.32 Å². The number of para-hydroxylation sites is 1. The molecule has 3 nitrogen and oxygen atoms in total. The van der Waals surface area contributed by atoms with Gasteiger partial charge in [0.05, 0.1) is 10.2 Å². The Labute approximate surface area is 122 Å². The second kappa shape index (κ2) is 5.59. The first-order chi connectivity index (χ1) is 9.74. The van der Waals surface area contributed by atoms with Crippen LogP contribution in [0.2, 0.25) is 0 Å². The van der Waals surface area contributed by atoms with Crippen molar-refractivity contribution in [2.75, 3.05) is 5.32 Å². The van der Waals surface area contributed by atoms with Crippen molar-refractivity contribution in [3.05, 3.63) is 53.9 Å². The lowest BCUT2D eigenvalue weighted by molar-refractivity contribution is 0.873. The molecule has 2 heterocycles. The molecular formula is C16H17N3S. The third-order valence-electron chi connectivity index (χ3n) is 3.24. The summed E-state index contributed by atoms with van der Waals surface area (Å²) in [5.41, 5.74) is 3.60. The van der Waals surface area contributed by atoms with Crippen LogP contribution >= 0.6 is 11.3 Å². The molecule has 0 atom stereocenters. The molecule has 0 spiro atoms. The van der Waals surface area contributed by atoms with Crippen LogP contribution in [-0.2, 0) is 6.54 Å². The standard InChI is InChI=1S/C16H17N3S/c1-11(2)13-6-3-7-14-15(13)19-16(20-14)18-10-12-5-4-8-17-9-12/h3-9,11H,10H2,1-2H3,(H,18,19). The van der Waals surface area contributed by atoms with Gasteiger partial charge in [0, 0.05) is 18.9 Å². The highest BCUT2D eigenvalue weighted by Gasteiger charge is 2.10. The van der Waals surface area contributed by atoms with Crippen LogP contribution < -0.4 is 5.32 Å². The predicted octanol–water partition coefficient (Wildman–Crippen LogP) is 4.43. The molecule has 4 heteroatoms. The molecule has 0 saturated carbocycles. The SMILES string of the molecule is CC(C)c1cccc2sc(NCc3cccnc3)nc12. The summed E-state index contributed by atoms with van der Waals surface area (Å²) in [6.07, 6.45) is 3.66. The summed E-state index contributed by atoms with van der Waals surface area (Å²) in [6.45, 7) is 5.17. The number of rotatable bonds is 4.